The summed E-state index contributed by atoms with van der Waals surface area (Å²) in [5.41, 5.74) is 9.36. The van der Waals surface area contributed by atoms with Gasteiger partial charge in [-0.3, -0.25) is 10.5 Å². The van der Waals surface area contributed by atoms with Gasteiger partial charge in [0.2, 0.25) is 6.23 Å². The van der Waals surface area contributed by atoms with Crippen molar-refractivity contribution >= 4 is 11.5 Å². The van der Waals surface area contributed by atoms with E-state index >= 15 is 0 Å². The Kier molecular flexibility index (Phi) is 4.23. The van der Waals surface area contributed by atoms with E-state index in [1.165, 1.54) is 0 Å². The third kappa shape index (κ3) is 2.93. The van der Waals surface area contributed by atoms with Crippen molar-refractivity contribution in [2.45, 2.75) is 26.1 Å². The molecule has 3 heterocycles. The average molecular weight is 381 g/mol. The predicted molar refractivity (Wildman–Crippen MR) is 112 cm³/mol. The Morgan fingerprint density at radius 1 is 1.24 bits per heavy atom. The van der Waals surface area contributed by atoms with Gasteiger partial charge in [-0.1, -0.05) is 43.2 Å². The number of terminal acetylenes is 1. The minimum absolute atomic E-state index is 0.469. The van der Waals surface area contributed by atoms with Gasteiger partial charge in [0.15, 0.2) is 0 Å². The quantitative estimate of drug-likeness (QED) is 0.706. The van der Waals surface area contributed by atoms with Gasteiger partial charge in [-0.15, -0.1) is 6.42 Å². The number of benzene rings is 2. The molecule has 0 saturated carbocycles. The van der Waals surface area contributed by atoms with E-state index in [2.05, 4.69) is 38.1 Å². The van der Waals surface area contributed by atoms with E-state index in [9.17, 15) is 0 Å². The number of nitrogens with zero attached hydrogens (tertiary/aromatic N) is 4. The van der Waals surface area contributed by atoms with Crippen LogP contribution in [-0.2, 0) is 11.4 Å². The second-order valence-corrected chi connectivity index (χ2v) is 6.86. The molecular formula is C23H19N5O. The lowest BCUT2D eigenvalue weighted by atomic mass is 9.98. The number of imidazole rings is 1. The average Bonchev–Trinajstić information content (AvgIpc) is 3.38. The van der Waals surface area contributed by atoms with E-state index in [-0.39, 0.29) is 0 Å². The summed E-state index contributed by atoms with van der Waals surface area (Å²) < 4.78 is 2.06. The van der Waals surface area contributed by atoms with Gasteiger partial charge in [-0.05, 0) is 18.2 Å². The zero-order valence-corrected chi connectivity index (χ0v) is 16.0. The number of amidine groups is 1. The summed E-state index contributed by atoms with van der Waals surface area (Å²) in [6.07, 6.45) is 7.79. The fraction of sp³-hybridized carbons (Fsp3) is 0.174. The summed E-state index contributed by atoms with van der Waals surface area (Å²) in [5.74, 6) is 3.55. The first-order valence-corrected chi connectivity index (χ1v) is 9.54. The standard InChI is InChI=1S/C23H19N5O/c1-3-15-10-11-18-17(12-15)21(16-8-6-5-7-9-16)24-13-19-22(25-14-28(18)19)23-26-20(4-2)27-29-23/h1,5-12,14,23H,4,13H2,2H3,(H,26,27). The van der Waals surface area contributed by atoms with Crippen molar-refractivity contribution in [3.05, 3.63) is 82.9 Å². The van der Waals surface area contributed by atoms with Crippen molar-refractivity contribution in [1.82, 2.24) is 15.0 Å². The van der Waals surface area contributed by atoms with Crippen molar-refractivity contribution in [2.24, 2.45) is 9.98 Å². The molecule has 6 nitrogen and oxygen atoms in total. The van der Waals surface area contributed by atoms with E-state index in [4.69, 9.17) is 16.3 Å². The van der Waals surface area contributed by atoms with Gasteiger partial charge < -0.3 is 4.57 Å². The van der Waals surface area contributed by atoms with Crippen LogP contribution in [0, 0.1) is 12.3 Å². The van der Waals surface area contributed by atoms with Crippen molar-refractivity contribution in [3.8, 4) is 18.0 Å². The van der Waals surface area contributed by atoms with Crippen molar-refractivity contribution in [2.75, 3.05) is 0 Å². The third-order valence-corrected chi connectivity index (χ3v) is 5.14. The lowest BCUT2D eigenvalue weighted by Gasteiger charge is -2.12. The highest BCUT2D eigenvalue weighted by molar-refractivity contribution is 6.15. The third-order valence-electron chi connectivity index (χ3n) is 5.14. The number of aliphatic imine (C=N–C) groups is 2. The Morgan fingerprint density at radius 3 is 2.86 bits per heavy atom. The molecule has 142 valence electrons. The maximum atomic E-state index is 5.67. The largest absolute Gasteiger partial charge is 0.300 e. The minimum Gasteiger partial charge on any atom is -0.300 e. The molecule has 0 aliphatic carbocycles. The number of aromatic nitrogens is 2. The Bertz CT molecular complexity index is 1180. The fourth-order valence-electron chi connectivity index (χ4n) is 3.66. The van der Waals surface area contributed by atoms with Gasteiger partial charge in [0.1, 0.15) is 17.9 Å². The molecule has 0 bridgehead atoms. The summed E-state index contributed by atoms with van der Waals surface area (Å²) in [5, 5.41) is 0. The SMILES string of the molecule is C#Cc1ccc2c(c1)C(c1ccccc1)=NCc1c(C3N=C(CC)NO3)ncn1-2. The van der Waals surface area contributed by atoms with Crippen LogP contribution in [0.25, 0.3) is 5.69 Å². The number of hydrogen-bond acceptors (Lipinski definition) is 5. The summed E-state index contributed by atoms with van der Waals surface area (Å²) in [4.78, 5) is 19.8. The summed E-state index contributed by atoms with van der Waals surface area (Å²) in [6, 6.07) is 16.1. The molecule has 0 radical (unpaired) electrons. The molecule has 5 rings (SSSR count). The van der Waals surface area contributed by atoms with Gasteiger partial charge in [-0.2, -0.15) is 0 Å². The molecule has 0 saturated heterocycles. The van der Waals surface area contributed by atoms with Crippen LogP contribution in [-0.4, -0.2) is 21.1 Å². The van der Waals surface area contributed by atoms with Gasteiger partial charge >= 0.3 is 0 Å². The molecule has 0 spiro atoms. The normalized spacial score (nSPS) is 17.3. The molecule has 2 aliphatic rings. The van der Waals surface area contributed by atoms with Crippen LogP contribution in [0.2, 0.25) is 0 Å². The first-order valence-electron chi connectivity index (χ1n) is 9.54. The highest BCUT2D eigenvalue weighted by Crippen LogP contribution is 2.31. The van der Waals surface area contributed by atoms with Crippen LogP contribution < -0.4 is 5.48 Å². The van der Waals surface area contributed by atoms with Crippen LogP contribution in [0.5, 0.6) is 0 Å². The van der Waals surface area contributed by atoms with Crippen molar-refractivity contribution < 1.29 is 4.84 Å². The van der Waals surface area contributed by atoms with Crippen LogP contribution in [0.4, 0.5) is 0 Å². The van der Waals surface area contributed by atoms with Gasteiger partial charge in [0.05, 0.1) is 23.6 Å². The molecule has 1 aromatic heterocycles. The Morgan fingerprint density at radius 2 is 2.10 bits per heavy atom. The number of nitrogens with one attached hydrogen (secondary N) is 1. The van der Waals surface area contributed by atoms with E-state index in [1.807, 2.05) is 49.6 Å². The van der Waals surface area contributed by atoms with Crippen LogP contribution in [0.3, 0.4) is 0 Å². The van der Waals surface area contributed by atoms with E-state index in [0.29, 0.717) is 6.54 Å². The minimum atomic E-state index is -0.469. The Hall–Kier alpha value is -3.69. The highest BCUT2D eigenvalue weighted by atomic mass is 16.7. The molecule has 6 heteroatoms. The second-order valence-electron chi connectivity index (χ2n) is 6.86. The number of hydroxylamine groups is 1. The molecule has 2 aliphatic heterocycles. The van der Waals surface area contributed by atoms with E-state index in [0.717, 1.165) is 51.7 Å². The maximum Gasteiger partial charge on any atom is 0.220 e. The maximum absolute atomic E-state index is 5.67. The molecule has 3 aromatic rings. The monoisotopic (exact) mass is 381 g/mol. The zero-order valence-electron chi connectivity index (χ0n) is 16.0. The molecule has 1 N–H and O–H groups in total. The highest BCUT2D eigenvalue weighted by Gasteiger charge is 2.28. The van der Waals surface area contributed by atoms with Crippen LogP contribution in [0.15, 0.2) is 64.8 Å². The van der Waals surface area contributed by atoms with Crippen molar-refractivity contribution in [3.63, 3.8) is 0 Å². The molecule has 1 unspecified atom stereocenters. The van der Waals surface area contributed by atoms with Gasteiger partial charge in [0, 0.05) is 23.1 Å². The molecule has 29 heavy (non-hydrogen) atoms. The smallest absolute Gasteiger partial charge is 0.220 e. The molecule has 0 fully saturated rings. The van der Waals surface area contributed by atoms with Gasteiger partial charge in [0.25, 0.3) is 0 Å². The predicted octanol–water partition coefficient (Wildman–Crippen LogP) is 3.55. The number of hydrogen-bond donors (Lipinski definition) is 1. The number of rotatable bonds is 3. The Labute approximate surface area is 168 Å². The van der Waals surface area contributed by atoms with Crippen LogP contribution >= 0.6 is 0 Å². The van der Waals surface area contributed by atoms with E-state index in [1.54, 1.807) is 0 Å². The summed E-state index contributed by atoms with van der Waals surface area (Å²) >= 11 is 0. The first kappa shape index (κ1) is 17.4. The van der Waals surface area contributed by atoms with Crippen LogP contribution in [0.1, 0.15) is 47.7 Å². The van der Waals surface area contributed by atoms with Crippen molar-refractivity contribution in [1.29, 1.82) is 0 Å². The summed E-state index contributed by atoms with van der Waals surface area (Å²) in [6.45, 7) is 2.50. The molecule has 0 amide bonds. The molecular weight excluding hydrogens is 362 g/mol. The van der Waals surface area contributed by atoms with Gasteiger partial charge in [-0.25, -0.2) is 14.8 Å². The number of fused-ring (bicyclic) bond motifs is 3. The lowest BCUT2D eigenvalue weighted by molar-refractivity contribution is 0.0341. The summed E-state index contributed by atoms with van der Waals surface area (Å²) in [7, 11) is 0. The van der Waals surface area contributed by atoms with E-state index < -0.39 is 6.23 Å². The second kappa shape index (κ2) is 7.04. The lowest BCUT2D eigenvalue weighted by Crippen LogP contribution is -2.16. The topological polar surface area (TPSA) is 63.8 Å². The Balaban J connectivity index is 1.68. The zero-order chi connectivity index (χ0) is 19.8. The fourth-order valence-corrected chi connectivity index (χ4v) is 3.66. The molecule has 1 atom stereocenters. The molecule has 2 aromatic carbocycles. The first-order chi connectivity index (χ1) is 14.3.